The zero-order valence-electron chi connectivity index (χ0n) is 12.2. The van der Waals surface area contributed by atoms with Gasteiger partial charge in [0.15, 0.2) is 5.01 Å². The summed E-state index contributed by atoms with van der Waals surface area (Å²) in [7, 11) is 1.66. The minimum absolute atomic E-state index is 0.358. The molecule has 0 unspecified atom stereocenters. The second-order valence-corrected chi connectivity index (χ2v) is 6.36. The number of rotatable bonds is 3. The third-order valence-corrected chi connectivity index (χ3v) is 4.93. The molecular weight excluding hydrogens is 300 g/mol. The van der Waals surface area contributed by atoms with Gasteiger partial charge in [-0.2, -0.15) is 4.98 Å². The predicted molar refractivity (Wildman–Crippen MR) is 84.3 cm³/mol. The maximum atomic E-state index is 5.45. The summed E-state index contributed by atoms with van der Waals surface area (Å²) in [5.74, 6) is 2.49. The van der Waals surface area contributed by atoms with Gasteiger partial charge in [0.25, 0.3) is 0 Å². The highest BCUT2D eigenvalue weighted by Gasteiger charge is 2.22. The maximum Gasteiger partial charge on any atom is 0.231 e. The Kier molecular flexibility index (Phi) is 3.51. The number of thiazole rings is 1. The first-order chi connectivity index (χ1) is 10.8. The Balaban J connectivity index is 1.65. The average Bonchev–Trinajstić information content (AvgIpc) is 3.21. The fraction of sp³-hybridized carbons (Fsp3) is 0.400. The number of methoxy groups -OCH3 is 1. The van der Waals surface area contributed by atoms with Crippen molar-refractivity contribution >= 4 is 21.6 Å². The molecule has 1 aliphatic heterocycles. The van der Waals surface area contributed by atoms with Crippen LogP contribution < -0.4 is 10.1 Å². The summed E-state index contributed by atoms with van der Waals surface area (Å²) in [6.07, 6.45) is 2.08. The van der Waals surface area contributed by atoms with E-state index in [1.165, 1.54) is 0 Å². The number of aromatic nitrogens is 3. The monoisotopic (exact) mass is 316 g/mol. The average molecular weight is 316 g/mol. The molecule has 3 aromatic rings. The van der Waals surface area contributed by atoms with E-state index >= 15 is 0 Å². The van der Waals surface area contributed by atoms with Crippen molar-refractivity contribution in [3.63, 3.8) is 0 Å². The normalized spacial score (nSPS) is 16.2. The van der Waals surface area contributed by atoms with Crippen LogP contribution in [0.1, 0.15) is 24.7 Å². The lowest BCUT2D eigenvalue weighted by Gasteiger charge is -2.18. The van der Waals surface area contributed by atoms with Gasteiger partial charge in [-0.05, 0) is 44.1 Å². The van der Waals surface area contributed by atoms with Crippen molar-refractivity contribution in [3.8, 4) is 16.6 Å². The third kappa shape index (κ3) is 2.46. The van der Waals surface area contributed by atoms with Crippen LogP contribution in [0.4, 0.5) is 0 Å². The minimum atomic E-state index is 0.358. The molecule has 3 heterocycles. The van der Waals surface area contributed by atoms with Gasteiger partial charge in [-0.15, -0.1) is 11.3 Å². The molecule has 1 N–H and O–H groups in total. The zero-order valence-corrected chi connectivity index (χ0v) is 13.0. The molecule has 0 spiro atoms. The SMILES string of the molecule is COc1ccc2nc(-c3noc(C4CCNCC4)n3)sc2c1. The highest BCUT2D eigenvalue weighted by molar-refractivity contribution is 7.21. The summed E-state index contributed by atoms with van der Waals surface area (Å²) in [6.45, 7) is 2.01. The first-order valence-electron chi connectivity index (χ1n) is 7.33. The molecule has 0 radical (unpaired) electrons. The van der Waals surface area contributed by atoms with Crippen LogP contribution in [0.15, 0.2) is 22.7 Å². The molecule has 7 heteroatoms. The Morgan fingerprint density at radius 2 is 2.14 bits per heavy atom. The van der Waals surface area contributed by atoms with Gasteiger partial charge in [0.05, 0.1) is 17.3 Å². The van der Waals surface area contributed by atoms with E-state index in [0.717, 1.165) is 52.8 Å². The molecule has 4 rings (SSSR count). The largest absolute Gasteiger partial charge is 0.497 e. The topological polar surface area (TPSA) is 73.1 Å². The van der Waals surface area contributed by atoms with E-state index in [0.29, 0.717) is 11.7 Å². The molecule has 22 heavy (non-hydrogen) atoms. The van der Waals surface area contributed by atoms with E-state index in [1.54, 1.807) is 18.4 Å². The molecule has 1 aromatic carbocycles. The number of benzene rings is 1. The summed E-state index contributed by atoms with van der Waals surface area (Å²) < 4.78 is 11.8. The summed E-state index contributed by atoms with van der Waals surface area (Å²) in [5, 5.41) is 8.23. The van der Waals surface area contributed by atoms with E-state index in [2.05, 4.69) is 20.4 Å². The molecule has 1 aliphatic rings. The standard InChI is InChI=1S/C15H16N4O2S/c1-20-10-2-3-11-12(8-10)22-15(17-11)13-18-14(21-19-13)9-4-6-16-7-5-9/h2-3,8-9,16H,4-7H2,1H3. The van der Waals surface area contributed by atoms with E-state index < -0.39 is 0 Å². The Morgan fingerprint density at radius 1 is 1.27 bits per heavy atom. The van der Waals surface area contributed by atoms with E-state index in [-0.39, 0.29) is 0 Å². The van der Waals surface area contributed by atoms with Gasteiger partial charge in [-0.1, -0.05) is 5.16 Å². The highest BCUT2D eigenvalue weighted by Crippen LogP contribution is 2.32. The summed E-state index contributed by atoms with van der Waals surface area (Å²) in [4.78, 5) is 9.14. The summed E-state index contributed by atoms with van der Waals surface area (Å²) in [6, 6.07) is 5.83. The minimum Gasteiger partial charge on any atom is -0.497 e. The molecule has 1 fully saturated rings. The predicted octanol–water partition coefficient (Wildman–Crippen LogP) is 2.82. The van der Waals surface area contributed by atoms with Crippen molar-refractivity contribution in [1.82, 2.24) is 20.4 Å². The van der Waals surface area contributed by atoms with Crippen molar-refractivity contribution in [1.29, 1.82) is 0 Å². The van der Waals surface area contributed by atoms with Gasteiger partial charge >= 0.3 is 0 Å². The lowest BCUT2D eigenvalue weighted by molar-refractivity contribution is 0.320. The van der Waals surface area contributed by atoms with Crippen LogP contribution in [-0.4, -0.2) is 35.3 Å². The first kappa shape index (κ1) is 13.7. The number of nitrogens with zero attached hydrogens (tertiary/aromatic N) is 3. The quantitative estimate of drug-likeness (QED) is 0.801. The summed E-state index contributed by atoms with van der Waals surface area (Å²) in [5.41, 5.74) is 0.925. The van der Waals surface area contributed by atoms with Gasteiger partial charge in [0, 0.05) is 5.92 Å². The van der Waals surface area contributed by atoms with Crippen LogP contribution in [0.25, 0.3) is 21.0 Å². The molecule has 6 nitrogen and oxygen atoms in total. The van der Waals surface area contributed by atoms with Gasteiger partial charge in [0.2, 0.25) is 11.7 Å². The van der Waals surface area contributed by atoms with Crippen LogP contribution >= 0.6 is 11.3 Å². The van der Waals surface area contributed by atoms with Gasteiger partial charge in [0.1, 0.15) is 5.75 Å². The Labute approximate surface area is 131 Å². The van der Waals surface area contributed by atoms with Gasteiger partial charge in [-0.25, -0.2) is 4.98 Å². The van der Waals surface area contributed by atoms with Crippen molar-refractivity contribution in [2.75, 3.05) is 20.2 Å². The number of fused-ring (bicyclic) bond motifs is 1. The van der Waals surface area contributed by atoms with Crippen LogP contribution in [0.2, 0.25) is 0 Å². The number of hydrogen-bond donors (Lipinski definition) is 1. The smallest absolute Gasteiger partial charge is 0.231 e. The second kappa shape index (κ2) is 5.66. The molecular formula is C15H16N4O2S. The van der Waals surface area contributed by atoms with Crippen molar-refractivity contribution in [3.05, 3.63) is 24.1 Å². The van der Waals surface area contributed by atoms with E-state index in [9.17, 15) is 0 Å². The number of hydrogen-bond acceptors (Lipinski definition) is 7. The lowest BCUT2D eigenvalue weighted by Crippen LogP contribution is -2.26. The number of ether oxygens (including phenoxy) is 1. The fourth-order valence-corrected chi connectivity index (χ4v) is 3.60. The fourth-order valence-electron chi connectivity index (χ4n) is 2.68. The Hall–Kier alpha value is -1.99. The van der Waals surface area contributed by atoms with Crippen molar-refractivity contribution < 1.29 is 9.26 Å². The van der Waals surface area contributed by atoms with Crippen molar-refractivity contribution in [2.24, 2.45) is 0 Å². The molecule has 0 saturated carbocycles. The third-order valence-electron chi connectivity index (χ3n) is 3.92. The van der Waals surface area contributed by atoms with Crippen LogP contribution in [0.5, 0.6) is 5.75 Å². The van der Waals surface area contributed by atoms with E-state index in [4.69, 9.17) is 9.26 Å². The first-order valence-corrected chi connectivity index (χ1v) is 8.14. The molecule has 0 bridgehead atoms. The Bertz CT molecular complexity index is 792. The molecule has 0 amide bonds. The number of piperidine rings is 1. The zero-order chi connectivity index (χ0) is 14.9. The molecule has 2 aromatic heterocycles. The maximum absolute atomic E-state index is 5.45. The van der Waals surface area contributed by atoms with Crippen molar-refractivity contribution in [2.45, 2.75) is 18.8 Å². The Morgan fingerprint density at radius 3 is 2.95 bits per heavy atom. The van der Waals surface area contributed by atoms with Crippen LogP contribution in [0.3, 0.4) is 0 Å². The van der Waals surface area contributed by atoms with Crippen LogP contribution in [0, 0.1) is 0 Å². The molecule has 0 atom stereocenters. The second-order valence-electron chi connectivity index (χ2n) is 5.33. The molecule has 114 valence electrons. The van der Waals surface area contributed by atoms with E-state index in [1.807, 2.05) is 18.2 Å². The number of nitrogens with one attached hydrogen (secondary N) is 1. The van der Waals surface area contributed by atoms with Gasteiger partial charge < -0.3 is 14.6 Å². The molecule has 1 saturated heterocycles. The van der Waals surface area contributed by atoms with Crippen LogP contribution in [-0.2, 0) is 0 Å². The van der Waals surface area contributed by atoms with Gasteiger partial charge in [-0.3, -0.25) is 0 Å². The lowest BCUT2D eigenvalue weighted by atomic mass is 9.98. The molecule has 0 aliphatic carbocycles. The summed E-state index contributed by atoms with van der Waals surface area (Å²) >= 11 is 1.55. The highest BCUT2D eigenvalue weighted by atomic mass is 32.1.